The van der Waals surface area contributed by atoms with Gasteiger partial charge in [0.25, 0.3) is 0 Å². The molecule has 3 nitrogen and oxygen atoms in total. The first-order valence-corrected chi connectivity index (χ1v) is 9.81. The molecule has 1 aliphatic carbocycles. The maximum atomic E-state index is 9.26. The van der Waals surface area contributed by atoms with E-state index in [1.807, 2.05) is 24.0 Å². The van der Waals surface area contributed by atoms with E-state index >= 15 is 0 Å². The van der Waals surface area contributed by atoms with E-state index in [2.05, 4.69) is 83.3 Å². The average molecular weight is 364 g/mol. The van der Waals surface area contributed by atoms with Crippen molar-refractivity contribution < 1.29 is 9.67 Å². The summed E-state index contributed by atoms with van der Waals surface area (Å²) in [6.45, 7) is 0.754. The van der Waals surface area contributed by atoms with Crippen molar-refractivity contribution in [3.8, 4) is 0 Å². The third-order valence-corrected chi connectivity index (χ3v) is 6.30. The highest BCUT2D eigenvalue weighted by atomic mass is 32.2. The fourth-order valence-corrected chi connectivity index (χ4v) is 4.86. The molecule has 4 rings (SSSR count). The van der Waals surface area contributed by atoms with Gasteiger partial charge in [0.2, 0.25) is 5.52 Å². The molecule has 1 saturated heterocycles. The number of hydrogen-bond donors (Lipinski definition) is 1. The Bertz CT molecular complexity index is 929. The number of thioether (sulfide) groups is 1. The summed E-state index contributed by atoms with van der Waals surface area (Å²) in [4.78, 5) is 2.35. The highest BCUT2D eigenvalue weighted by Gasteiger charge is 2.32. The van der Waals surface area contributed by atoms with Gasteiger partial charge in [0.1, 0.15) is 6.61 Å². The van der Waals surface area contributed by atoms with Gasteiger partial charge in [0.15, 0.2) is 12.7 Å². The minimum Gasteiger partial charge on any atom is -0.390 e. The molecule has 2 unspecified atom stereocenters. The number of aromatic nitrogens is 1. The molecule has 26 heavy (non-hydrogen) atoms. The van der Waals surface area contributed by atoms with Crippen LogP contribution in [0.4, 0.5) is 0 Å². The summed E-state index contributed by atoms with van der Waals surface area (Å²) in [7, 11) is 2.16. The normalized spacial score (nSPS) is 23.5. The van der Waals surface area contributed by atoms with Crippen LogP contribution in [-0.2, 0) is 6.54 Å². The highest BCUT2D eigenvalue weighted by molar-refractivity contribution is 8.04. The smallest absolute Gasteiger partial charge is 0.213 e. The SMILES string of the molecule is CN1C(=CC=Cc2cc[n+](CCO)c3ccccc23)SC2C=CC=CC21. The summed E-state index contributed by atoms with van der Waals surface area (Å²) in [6, 6.07) is 10.9. The summed E-state index contributed by atoms with van der Waals surface area (Å²) in [5.74, 6) is 0. The molecule has 1 N–H and O–H groups in total. The number of hydrogen-bond acceptors (Lipinski definition) is 3. The van der Waals surface area contributed by atoms with Crippen LogP contribution in [0.1, 0.15) is 5.56 Å². The van der Waals surface area contributed by atoms with Crippen molar-refractivity contribution >= 4 is 28.7 Å². The van der Waals surface area contributed by atoms with E-state index in [-0.39, 0.29) is 6.61 Å². The van der Waals surface area contributed by atoms with Crippen LogP contribution in [0.5, 0.6) is 0 Å². The zero-order valence-electron chi connectivity index (χ0n) is 14.8. The van der Waals surface area contributed by atoms with Crippen LogP contribution in [-0.4, -0.2) is 35.0 Å². The molecule has 0 spiro atoms. The Morgan fingerprint density at radius 3 is 2.88 bits per heavy atom. The van der Waals surface area contributed by atoms with Gasteiger partial charge in [0.05, 0.1) is 21.7 Å². The molecule has 2 atom stereocenters. The second kappa shape index (κ2) is 7.52. The fourth-order valence-electron chi connectivity index (χ4n) is 3.55. The Balaban J connectivity index is 1.61. The number of nitrogens with zero attached hydrogens (tertiary/aromatic N) is 2. The number of aliphatic hydroxyl groups excluding tert-OH is 1. The minimum absolute atomic E-state index is 0.144. The van der Waals surface area contributed by atoms with E-state index < -0.39 is 0 Å². The predicted molar refractivity (Wildman–Crippen MR) is 110 cm³/mol. The molecular weight excluding hydrogens is 340 g/mol. The number of para-hydroxylation sites is 1. The Kier molecular flexibility index (Phi) is 4.96. The van der Waals surface area contributed by atoms with E-state index in [0.29, 0.717) is 17.8 Å². The fraction of sp³-hybridized carbons (Fsp3) is 0.227. The quantitative estimate of drug-likeness (QED) is 0.843. The van der Waals surface area contributed by atoms with E-state index in [1.54, 1.807) is 0 Å². The van der Waals surface area contributed by atoms with Gasteiger partial charge in [-0.05, 0) is 17.7 Å². The molecule has 0 radical (unpaired) electrons. The van der Waals surface area contributed by atoms with Gasteiger partial charge in [-0.1, -0.05) is 60.4 Å². The van der Waals surface area contributed by atoms with Crippen LogP contribution >= 0.6 is 11.8 Å². The molecular formula is C22H23N2OS+. The Morgan fingerprint density at radius 1 is 1.19 bits per heavy atom. The van der Waals surface area contributed by atoms with Crippen molar-refractivity contribution in [2.45, 2.75) is 17.8 Å². The maximum Gasteiger partial charge on any atom is 0.213 e. The molecule has 1 aliphatic heterocycles. The zero-order valence-corrected chi connectivity index (χ0v) is 15.6. The van der Waals surface area contributed by atoms with Crippen molar-refractivity contribution in [3.63, 3.8) is 0 Å². The van der Waals surface area contributed by atoms with Gasteiger partial charge >= 0.3 is 0 Å². The summed E-state index contributed by atoms with van der Waals surface area (Å²) in [5, 5.41) is 12.3. The van der Waals surface area contributed by atoms with E-state index in [9.17, 15) is 5.11 Å². The molecule has 0 saturated carbocycles. The molecule has 1 aromatic heterocycles. The molecule has 2 aliphatic rings. The predicted octanol–water partition coefficient (Wildman–Crippen LogP) is 3.52. The Labute approximate surface area is 158 Å². The van der Waals surface area contributed by atoms with Crippen molar-refractivity contribution in [1.29, 1.82) is 0 Å². The monoisotopic (exact) mass is 363 g/mol. The topological polar surface area (TPSA) is 27.4 Å². The number of benzene rings is 1. The molecule has 1 fully saturated rings. The molecule has 0 bridgehead atoms. The second-order valence-corrected chi connectivity index (χ2v) is 7.72. The maximum absolute atomic E-state index is 9.26. The van der Waals surface area contributed by atoms with E-state index in [1.165, 1.54) is 16.0 Å². The first kappa shape index (κ1) is 17.1. The third-order valence-electron chi connectivity index (χ3n) is 4.92. The summed E-state index contributed by atoms with van der Waals surface area (Å²) in [6.07, 6.45) is 17.4. The van der Waals surface area contributed by atoms with Gasteiger partial charge in [0, 0.05) is 19.2 Å². The number of likely N-dealkylation sites (N-methyl/N-ethyl adjacent to an activating group) is 1. The molecule has 2 aromatic rings. The molecule has 132 valence electrons. The largest absolute Gasteiger partial charge is 0.390 e. The number of rotatable bonds is 4. The number of aliphatic hydroxyl groups is 1. The highest BCUT2D eigenvalue weighted by Crippen LogP contribution is 2.40. The van der Waals surface area contributed by atoms with Gasteiger partial charge in [-0.2, -0.15) is 4.57 Å². The molecule has 2 heterocycles. The van der Waals surface area contributed by atoms with E-state index in [0.717, 1.165) is 5.52 Å². The molecule has 1 aromatic carbocycles. The standard InChI is InChI=1S/C22H23N2OS/c1-23-20-10-4-5-11-21(20)26-22(23)12-6-7-17-13-14-24(15-16-25)19-9-3-2-8-18(17)19/h2-14,20-21,25H,15-16H2,1H3/q+1. The van der Waals surface area contributed by atoms with Crippen LogP contribution in [0, 0.1) is 0 Å². The van der Waals surface area contributed by atoms with Gasteiger partial charge in [-0.15, -0.1) is 0 Å². The molecule has 4 heteroatoms. The second-order valence-electron chi connectivity index (χ2n) is 6.52. The lowest BCUT2D eigenvalue weighted by molar-refractivity contribution is -0.672. The van der Waals surface area contributed by atoms with Gasteiger partial charge in [-0.25, -0.2) is 0 Å². The van der Waals surface area contributed by atoms with Crippen molar-refractivity contribution in [3.05, 3.63) is 83.6 Å². The third kappa shape index (κ3) is 3.22. The van der Waals surface area contributed by atoms with Crippen molar-refractivity contribution in [2.24, 2.45) is 0 Å². The van der Waals surface area contributed by atoms with E-state index in [4.69, 9.17) is 0 Å². The number of pyridine rings is 1. The lowest BCUT2D eigenvalue weighted by Crippen LogP contribution is -2.36. The van der Waals surface area contributed by atoms with Crippen molar-refractivity contribution in [2.75, 3.05) is 13.7 Å². The number of fused-ring (bicyclic) bond motifs is 2. The van der Waals surface area contributed by atoms with Crippen LogP contribution in [0.3, 0.4) is 0 Å². The van der Waals surface area contributed by atoms with Crippen LogP contribution in [0.25, 0.3) is 17.0 Å². The summed E-state index contributed by atoms with van der Waals surface area (Å²) < 4.78 is 2.09. The van der Waals surface area contributed by atoms with Gasteiger partial charge < -0.3 is 10.0 Å². The van der Waals surface area contributed by atoms with Crippen molar-refractivity contribution in [1.82, 2.24) is 4.90 Å². The number of allylic oxidation sites excluding steroid dienone is 4. The minimum atomic E-state index is 0.144. The van der Waals surface area contributed by atoms with Crippen LogP contribution in [0.2, 0.25) is 0 Å². The first-order chi connectivity index (χ1) is 12.8. The first-order valence-electron chi connectivity index (χ1n) is 8.93. The lowest BCUT2D eigenvalue weighted by atomic mass is 10.1. The Hall–Kier alpha value is -2.30. The summed E-state index contributed by atoms with van der Waals surface area (Å²) >= 11 is 1.92. The average Bonchev–Trinajstić information content (AvgIpc) is 3.00. The van der Waals surface area contributed by atoms with Crippen LogP contribution in [0.15, 0.2) is 78.0 Å². The van der Waals surface area contributed by atoms with Gasteiger partial charge in [-0.3, -0.25) is 0 Å². The van der Waals surface area contributed by atoms with Crippen LogP contribution < -0.4 is 4.57 Å². The zero-order chi connectivity index (χ0) is 17.9. The Morgan fingerprint density at radius 2 is 2.04 bits per heavy atom. The lowest BCUT2D eigenvalue weighted by Gasteiger charge is -2.22. The molecule has 0 amide bonds. The summed E-state index contributed by atoms with van der Waals surface area (Å²) in [5.41, 5.74) is 2.33.